The Labute approximate surface area is 113 Å². The lowest BCUT2D eigenvalue weighted by Crippen LogP contribution is -2.27. The van der Waals surface area contributed by atoms with Gasteiger partial charge in [-0.05, 0) is 36.8 Å². The second kappa shape index (κ2) is 8.09. The van der Waals surface area contributed by atoms with Crippen LogP contribution in [-0.2, 0) is 4.74 Å². The molecule has 0 radical (unpaired) electrons. The van der Waals surface area contributed by atoms with Crippen LogP contribution < -0.4 is 5.32 Å². The molecule has 0 saturated carbocycles. The standard InChI is InChI=1S/C13H22ClNOS/c1-4-7-15-12(10(2)5-8-16-3)13-11(14)6-9-17-13/h6,9-10,12,15H,4-5,7-8H2,1-3H3. The second-order valence-electron chi connectivity index (χ2n) is 4.32. The molecule has 0 saturated heterocycles. The molecule has 1 aromatic heterocycles. The zero-order chi connectivity index (χ0) is 12.7. The second-order valence-corrected chi connectivity index (χ2v) is 5.68. The molecule has 1 aromatic rings. The van der Waals surface area contributed by atoms with E-state index >= 15 is 0 Å². The first-order valence-corrected chi connectivity index (χ1v) is 7.41. The summed E-state index contributed by atoms with van der Waals surface area (Å²) in [6, 6.07) is 2.32. The third-order valence-electron chi connectivity index (χ3n) is 2.89. The average molecular weight is 276 g/mol. The zero-order valence-electron chi connectivity index (χ0n) is 10.8. The Morgan fingerprint density at radius 1 is 1.53 bits per heavy atom. The first-order chi connectivity index (χ1) is 8.20. The van der Waals surface area contributed by atoms with Gasteiger partial charge in [0, 0.05) is 24.6 Å². The summed E-state index contributed by atoms with van der Waals surface area (Å²) in [4.78, 5) is 1.25. The van der Waals surface area contributed by atoms with Crippen molar-refractivity contribution in [3.8, 4) is 0 Å². The summed E-state index contributed by atoms with van der Waals surface area (Å²) in [5, 5.41) is 6.53. The first kappa shape index (κ1) is 15.0. The molecule has 2 nitrogen and oxygen atoms in total. The molecule has 0 fully saturated rings. The fraction of sp³-hybridized carbons (Fsp3) is 0.692. The largest absolute Gasteiger partial charge is 0.385 e. The molecule has 4 heteroatoms. The first-order valence-electron chi connectivity index (χ1n) is 6.15. The van der Waals surface area contributed by atoms with E-state index < -0.39 is 0 Å². The summed E-state index contributed by atoms with van der Waals surface area (Å²) in [6.45, 7) is 6.26. The van der Waals surface area contributed by atoms with Crippen LogP contribution in [0.25, 0.3) is 0 Å². The zero-order valence-corrected chi connectivity index (χ0v) is 12.4. The lowest BCUT2D eigenvalue weighted by molar-refractivity contribution is 0.170. The summed E-state index contributed by atoms with van der Waals surface area (Å²) in [5.41, 5.74) is 0. The quantitative estimate of drug-likeness (QED) is 0.771. The van der Waals surface area contributed by atoms with Crippen molar-refractivity contribution < 1.29 is 4.74 Å². The lowest BCUT2D eigenvalue weighted by Gasteiger charge is -2.24. The Bertz CT molecular complexity index is 316. The van der Waals surface area contributed by atoms with Crippen LogP contribution in [-0.4, -0.2) is 20.3 Å². The highest BCUT2D eigenvalue weighted by molar-refractivity contribution is 7.10. The Hall–Kier alpha value is -0.0900. The van der Waals surface area contributed by atoms with Crippen LogP contribution in [0.4, 0.5) is 0 Å². The van der Waals surface area contributed by atoms with Crippen LogP contribution in [0.3, 0.4) is 0 Å². The molecule has 0 aromatic carbocycles. The van der Waals surface area contributed by atoms with Crippen LogP contribution >= 0.6 is 22.9 Å². The predicted octanol–water partition coefficient (Wildman–Crippen LogP) is 4.11. The lowest BCUT2D eigenvalue weighted by atomic mass is 9.97. The maximum absolute atomic E-state index is 6.23. The summed E-state index contributed by atoms with van der Waals surface area (Å²) in [7, 11) is 1.75. The van der Waals surface area contributed by atoms with Gasteiger partial charge in [-0.3, -0.25) is 0 Å². The fourth-order valence-corrected chi connectivity index (χ4v) is 3.23. The number of hydrogen-bond acceptors (Lipinski definition) is 3. The Morgan fingerprint density at radius 3 is 2.82 bits per heavy atom. The smallest absolute Gasteiger partial charge is 0.0561 e. The van der Waals surface area contributed by atoms with Gasteiger partial charge in [0.05, 0.1) is 5.02 Å². The van der Waals surface area contributed by atoms with Crippen molar-refractivity contribution >= 4 is 22.9 Å². The van der Waals surface area contributed by atoms with Gasteiger partial charge in [0.15, 0.2) is 0 Å². The molecule has 0 spiro atoms. The van der Waals surface area contributed by atoms with Crippen LogP contribution in [0.5, 0.6) is 0 Å². The number of ether oxygens (including phenoxy) is 1. The highest BCUT2D eigenvalue weighted by Crippen LogP contribution is 2.34. The van der Waals surface area contributed by atoms with Crippen molar-refractivity contribution in [3.05, 3.63) is 21.3 Å². The van der Waals surface area contributed by atoms with E-state index in [-0.39, 0.29) is 0 Å². The molecule has 1 rings (SSSR count). The van der Waals surface area contributed by atoms with Gasteiger partial charge in [0.2, 0.25) is 0 Å². The minimum Gasteiger partial charge on any atom is -0.385 e. The summed E-state index contributed by atoms with van der Waals surface area (Å²) in [5.74, 6) is 0.526. The normalized spacial score (nSPS) is 14.8. The third kappa shape index (κ3) is 4.59. The minimum absolute atomic E-state index is 0.345. The number of hydrogen-bond donors (Lipinski definition) is 1. The molecule has 17 heavy (non-hydrogen) atoms. The molecule has 98 valence electrons. The highest BCUT2D eigenvalue weighted by atomic mass is 35.5. The van der Waals surface area contributed by atoms with Crippen molar-refractivity contribution in [2.24, 2.45) is 5.92 Å². The number of halogens is 1. The predicted molar refractivity (Wildman–Crippen MR) is 76.0 cm³/mol. The molecule has 0 aliphatic rings. The van der Waals surface area contributed by atoms with Crippen LogP contribution in [0.15, 0.2) is 11.4 Å². The Balaban J connectivity index is 2.69. The van der Waals surface area contributed by atoms with E-state index in [2.05, 4.69) is 24.5 Å². The van der Waals surface area contributed by atoms with E-state index in [9.17, 15) is 0 Å². The van der Waals surface area contributed by atoms with Gasteiger partial charge in [-0.25, -0.2) is 0 Å². The number of rotatable bonds is 8. The summed E-state index contributed by atoms with van der Waals surface area (Å²) >= 11 is 7.97. The molecule has 2 atom stereocenters. The average Bonchev–Trinajstić information content (AvgIpc) is 2.73. The molecule has 2 unspecified atom stereocenters. The van der Waals surface area contributed by atoms with Gasteiger partial charge in [-0.1, -0.05) is 25.4 Å². The maximum Gasteiger partial charge on any atom is 0.0561 e. The molecule has 0 aliphatic heterocycles. The molecule has 0 amide bonds. The molecule has 1 heterocycles. The Kier molecular flexibility index (Phi) is 7.12. The number of nitrogens with one attached hydrogen (secondary N) is 1. The van der Waals surface area contributed by atoms with Gasteiger partial charge in [0.1, 0.15) is 0 Å². The molecular formula is C13H22ClNOS. The van der Waals surface area contributed by atoms with E-state index in [1.54, 1.807) is 18.4 Å². The highest BCUT2D eigenvalue weighted by Gasteiger charge is 2.21. The molecule has 0 aliphatic carbocycles. The van der Waals surface area contributed by atoms with E-state index in [4.69, 9.17) is 16.3 Å². The van der Waals surface area contributed by atoms with Crippen molar-refractivity contribution in [1.29, 1.82) is 0 Å². The van der Waals surface area contributed by atoms with Crippen molar-refractivity contribution in [2.45, 2.75) is 32.7 Å². The van der Waals surface area contributed by atoms with Crippen molar-refractivity contribution in [3.63, 3.8) is 0 Å². The van der Waals surface area contributed by atoms with Crippen molar-refractivity contribution in [1.82, 2.24) is 5.32 Å². The van der Waals surface area contributed by atoms with Gasteiger partial charge >= 0.3 is 0 Å². The van der Waals surface area contributed by atoms with Crippen LogP contribution in [0.2, 0.25) is 5.02 Å². The third-order valence-corrected chi connectivity index (χ3v) is 4.33. The monoisotopic (exact) mass is 275 g/mol. The number of thiophene rings is 1. The fourth-order valence-electron chi connectivity index (χ4n) is 1.85. The Morgan fingerprint density at radius 2 is 2.29 bits per heavy atom. The van der Waals surface area contributed by atoms with E-state index in [1.807, 2.05) is 6.07 Å². The molecular weight excluding hydrogens is 254 g/mol. The van der Waals surface area contributed by atoms with Gasteiger partial charge in [-0.2, -0.15) is 0 Å². The van der Waals surface area contributed by atoms with Crippen molar-refractivity contribution in [2.75, 3.05) is 20.3 Å². The van der Waals surface area contributed by atoms with Gasteiger partial charge in [0.25, 0.3) is 0 Å². The van der Waals surface area contributed by atoms with E-state index in [1.165, 1.54) is 4.88 Å². The molecule has 0 bridgehead atoms. The topological polar surface area (TPSA) is 21.3 Å². The van der Waals surface area contributed by atoms with E-state index in [0.29, 0.717) is 12.0 Å². The minimum atomic E-state index is 0.345. The van der Waals surface area contributed by atoms with E-state index in [0.717, 1.165) is 31.0 Å². The molecule has 1 N–H and O–H groups in total. The summed E-state index contributed by atoms with van der Waals surface area (Å²) in [6.07, 6.45) is 2.18. The van der Waals surface area contributed by atoms with Gasteiger partial charge < -0.3 is 10.1 Å². The summed E-state index contributed by atoms with van der Waals surface area (Å²) < 4.78 is 5.16. The SMILES string of the molecule is CCCNC(c1sccc1Cl)C(C)CCOC. The number of methoxy groups -OCH3 is 1. The van der Waals surface area contributed by atoms with Crippen LogP contribution in [0.1, 0.15) is 37.6 Å². The van der Waals surface area contributed by atoms with Crippen LogP contribution in [0, 0.1) is 5.92 Å². The maximum atomic E-state index is 6.23. The van der Waals surface area contributed by atoms with Gasteiger partial charge in [-0.15, -0.1) is 11.3 Å².